The van der Waals surface area contributed by atoms with Gasteiger partial charge in [-0.25, -0.2) is 14.5 Å². The Labute approximate surface area is 123 Å². The number of benzene rings is 1. The average Bonchev–Trinajstić information content (AvgIpc) is 2.85. The van der Waals surface area contributed by atoms with Crippen molar-refractivity contribution in [3.8, 4) is 0 Å². The van der Waals surface area contributed by atoms with Crippen molar-refractivity contribution in [1.82, 2.24) is 14.8 Å². The maximum absolute atomic E-state index is 12.1. The van der Waals surface area contributed by atoms with Crippen LogP contribution < -0.4 is 5.73 Å². The molecule has 0 saturated carbocycles. The topological polar surface area (TPSA) is 83.0 Å². The Morgan fingerprint density at radius 2 is 2.19 bits per heavy atom. The van der Waals surface area contributed by atoms with Crippen molar-refractivity contribution in [3.05, 3.63) is 41.5 Å². The van der Waals surface area contributed by atoms with E-state index in [1.165, 1.54) is 6.33 Å². The van der Waals surface area contributed by atoms with Gasteiger partial charge in [0.1, 0.15) is 6.33 Å². The van der Waals surface area contributed by atoms with Gasteiger partial charge in [0.15, 0.2) is 12.4 Å². The molecule has 0 atom stereocenters. The van der Waals surface area contributed by atoms with Crippen LogP contribution in [0, 0.1) is 12.8 Å². The first-order valence-corrected chi connectivity index (χ1v) is 6.87. The van der Waals surface area contributed by atoms with Crippen molar-refractivity contribution in [1.29, 1.82) is 0 Å². The fourth-order valence-electron chi connectivity index (χ4n) is 1.95. The second-order valence-corrected chi connectivity index (χ2v) is 5.42. The van der Waals surface area contributed by atoms with Crippen LogP contribution in [0.25, 0.3) is 0 Å². The molecule has 112 valence electrons. The van der Waals surface area contributed by atoms with Crippen LogP contribution in [0.15, 0.2) is 24.5 Å². The second kappa shape index (κ2) is 6.39. The Kier molecular flexibility index (Phi) is 4.57. The van der Waals surface area contributed by atoms with Gasteiger partial charge in [-0.3, -0.25) is 0 Å². The van der Waals surface area contributed by atoms with Crippen molar-refractivity contribution in [3.63, 3.8) is 0 Å². The van der Waals surface area contributed by atoms with E-state index in [1.807, 2.05) is 13.0 Å². The van der Waals surface area contributed by atoms with Crippen molar-refractivity contribution < 1.29 is 9.53 Å². The monoisotopic (exact) mass is 288 g/mol. The molecule has 2 rings (SSSR count). The van der Waals surface area contributed by atoms with E-state index in [-0.39, 0.29) is 6.61 Å². The van der Waals surface area contributed by atoms with Gasteiger partial charge in [0.05, 0.1) is 5.56 Å². The molecule has 0 radical (unpaired) electrons. The van der Waals surface area contributed by atoms with E-state index >= 15 is 0 Å². The van der Waals surface area contributed by atoms with Crippen LogP contribution in [0.5, 0.6) is 0 Å². The summed E-state index contributed by atoms with van der Waals surface area (Å²) in [6.45, 7) is 6.89. The number of hydrogen-bond acceptors (Lipinski definition) is 5. The number of carbonyl (C=O) groups excluding carboxylic acids is 1. The average molecular weight is 288 g/mol. The molecule has 0 aliphatic rings. The lowest BCUT2D eigenvalue weighted by atomic mass is 10.1. The molecule has 0 unspecified atom stereocenters. The predicted octanol–water partition coefficient (Wildman–Crippen LogP) is 2.18. The number of ether oxygens (including phenoxy) is 1. The van der Waals surface area contributed by atoms with Crippen LogP contribution in [0.2, 0.25) is 0 Å². The van der Waals surface area contributed by atoms with E-state index in [0.717, 1.165) is 12.1 Å². The minimum absolute atomic E-state index is 0.0823. The standard InChI is InChI=1S/C15H20N4O2/c1-10(2)7-19-14(17-9-18-19)8-21-15(20)12-6-11(3)4-5-13(12)16/h4-6,9-10H,7-8,16H2,1-3H3. The molecule has 0 amide bonds. The van der Waals surface area contributed by atoms with Crippen LogP contribution in [0.4, 0.5) is 5.69 Å². The van der Waals surface area contributed by atoms with Gasteiger partial charge in [-0.15, -0.1) is 0 Å². The molecule has 6 heteroatoms. The summed E-state index contributed by atoms with van der Waals surface area (Å²) < 4.78 is 7.04. The van der Waals surface area contributed by atoms with E-state index in [1.54, 1.807) is 16.8 Å². The number of rotatable bonds is 5. The Bertz CT molecular complexity index is 634. The highest BCUT2D eigenvalue weighted by atomic mass is 16.5. The summed E-state index contributed by atoms with van der Waals surface area (Å²) in [5.41, 5.74) is 7.55. The third kappa shape index (κ3) is 3.81. The molecule has 0 bridgehead atoms. The number of aryl methyl sites for hydroxylation is 1. The maximum Gasteiger partial charge on any atom is 0.340 e. The second-order valence-electron chi connectivity index (χ2n) is 5.42. The number of aromatic nitrogens is 3. The van der Waals surface area contributed by atoms with Crippen molar-refractivity contribution in [2.45, 2.75) is 33.9 Å². The van der Waals surface area contributed by atoms with Gasteiger partial charge >= 0.3 is 5.97 Å². The van der Waals surface area contributed by atoms with Crippen LogP contribution >= 0.6 is 0 Å². The quantitative estimate of drug-likeness (QED) is 0.673. The van der Waals surface area contributed by atoms with Gasteiger partial charge < -0.3 is 10.5 Å². The number of nitrogens with zero attached hydrogens (tertiary/aromatic N) is 3. The zero-order valence-electron chi connectivity index (χ0n) is 12.5. The normalized spacial score (nSPS) is 10.9. The van der Waals surface area contributed by atoms with Gasteiger partial charge in [-0.05, 0) is 25.0 Å². The molecular weight excluding hydrogens is 268 g/mol. The zero-order chi connectivity index (χ0) is 15.4. The van der Waals surface area contributed by atoms with E-state index in [9.17, 15) is 4.79 Å². The van der Waals surface area contributed by atoms with E-state index in [4.69, 9.17) is 10.5 Å². The van der Waals surface area contributed by atoms with Crippen LogP contribution in [-0.4, -0.2) is 20.7 Å². The van der Waals surface area contributed by atoms with Crippen LogP contribution in [0.1, 0.15) is 35.6 Å². The molecule has 6 nitrogen and oxygen atoms in total. The summed E-state index contributed by atoms with van der Waals surface area (Å²) in [4.78, 5) is 16.2. The van der Waals surface area contributed by atoms with Crippen molar-refractivity contribution in [2.75, 3.05) is 5.73 Å². The minimum atomic E-state index is -0.449. The Hall–Kier alpha value is -2.37. The number of nitrogens with two attached hydrogens (primary N) is 1. The summed E-state index contributed by atoms with van der Waals surface area (Å²) >= 11 is 0. The predicted molar refractivity (Wildman–Crippen MR) is 79.6 cm³/mol. The third-order valence-corrected chi connectivity index (χ3v) is 2.99. The molecule has 2 N–H and O–H groups in total. The molecule has 2 aromatic rings. The molecule has 1 aromatic heterocycles. The van der Waals surface area contributed by atoms with Crippen LogP contribution in [-0.2, 0) is 17.9 Å². The molecule has 0 aliphatic heterocycles. The fraction of sp³-hybridized carbons (Fsp3) is 0.400. The van der Waals surface area contributed by atoms with Crippen molar-refractivity contribution >= 4 is 11.7 Å². The third-order valence-electron chi connectivity index (χ3n) is 2.99. The Morgan fingerprint density at radius 1 is 1.43 bits per heavy atom. The smallest absolute Gasteiger partial charge is 0.340 e. The minimum Gasteiger partial charge on any atom is -0.454 e. The van der Waals surface area contributed by atoms with Gasteiger partial charge in [-0.2, -0.15) is 5.10 Å². The Morgan fingerprint density at radius 3 is 2.90 bits per heavy atom. The number of esters is 1. The maximum atomic E-state index is 12.1. The molecule has 0 aliphatic carbocycles. The first-order valence-electron chi connectivity index (χ1n) is 6.87. The number of hydrogen-bond donors (Lipinski definition) is 1. The SMILES string of the molecule is Cc1ccc(N)c(C(=O)OCc2ncnn2CC(C)C)c1. The van der Waals surface area contributed by atoms with Gasteiger partial charge in [0, 0.05) is 12.2 Å². The summed E-state index contributed by atoms with van der Waals surface area (Å²) in [6, 6.07) is 5.27. The summed E-state index contributed by atoms with van der Waals surface area (Å²) in [5.74, 6) is 0.618. The first kappa shape index (κ1) is 15.0. The molecule has 0 fully saturated rings. The van der Waals surface area contributed by atoms with Gasteiger partial charge in [0.2, 0.25) is 0 Å². The number of anilines is 1. The molecular formula is C15H20N4O2. The number of carbonyl (C=O) groups is 1. The molecule has 0 spiro atoms. The summed E-state index contributed by atoms with van der Waals surface area (Å²) in [6.07, 6.45) is 1.46. The number of nitrogen functional groups attached to an aromatic ring is 1. The molecule has 1 aromatic carbocycles. The van der Waals surface area contributed by atoms with Crippen molar-refractivity contribution in [2.24, 2.45) is 5.92 Å². The van der Waals surface area contributed by atoms with E-state index in [0.29, 0.717) is 23.0 Å². The highest BCUT2D eigenvalue weighted by Gasteiger charge is 2.14. The lowest BCUT2D eigenvalue weighted by Gasteiger charge is -2.10. The van der Waals surface area contributed by atoms with Gasteiger partial charge in [0.25, 0.3) is 0 Å². The van der Waals surface area contributed by atoms with E-state index < -0.39 is 5.97 Å². The largest absolute Gasteiger partial charge is 0.454 e. The fourth-order valence-corrected chi connectivity index (χ4v) is 1.95. The highest BCUT2D eigenvalue weighted by Crippen LogP contribution is 2.15. The summed E-state index contributed by atoms with van der Waals surface area (Å²) in [7, 11) is 0. The molecule has 0 saturated heterocycles. The van der Waals surface area contributed by atoms with E-state index in [2.05, 4.69) is 23.9 Å². The van der Waals surface area contributed by atoms with Gasteiger partial charge in [-0.1, -0.05) is 25.5 Å². The zero-order valence-corrected chi connectivity index (χ0v) is 12.5. The molecule has 1 heterocycles. The first-order chi connectivity index (χ1) is 9.97. The highest BCUT2D eigenvalue weighted by molar-refractivity contribution is 5.95. The lowest BCUT2D eigenvalue weighted by molar-refractivity contribution is 0.0457. The lowest BCUT2D eigenvalue weighted by Crippen LogP contribution is -2.14. The molecule has 21 heavy (non-hydrogen) atoms. The van der Waals surface area contributed by atoms with Crippen LogP contribution in [0.3, 0.4) is 0 Å². The Balaban J connectivity index is 2.04. The summed E-state index contributed by atoms with van der Waals surface area (Å²) in [5, 5.41) is 4.13.